The highest BCUT2D eigenvalue weighted by atomic mass is 16.6. The fourth-order valence-electron chi connectivity index (χ4n) is 2.61. The minimum absolute atomic E-state index is 0.131. The van der Waals surface area contributed by atoms with Crippen molar-refractivity contribution in [3.05, 3.63) is 0 Å². The summed E-state index contributed by atoms with van der Waals surface area (Å²) in [7, 11) is 0. The summed E-state index contributed by atoms with van der Waals surface area (Å²) in [5, 5.41) is 9.25. The van der Waals surface area contributed by atoms with Gasteiger partial charge in [0.05, 0.1) is 12.2 Å². The summed E-state index contributed by atoms with van der Waals surface area (Å²) in [4.78, 5) is 12.8. The van der Waals surface area contributed by atoms with Gasteiger partial charge >= 0.3 is 6.09 Å². The Hall–Kier alpha value is -0.770. The molecular formula is C11H19NO3. The third kappa shape index (κ3) is 2.09. The lowest BCUT2D eigenvalue weighted by molar-refractivity contribution is 0.0596. The lowest BCUT2D eigenvalue weighted by Crippen LogP contribution is -2.52. The van der Waals surface area contributed by atoms with E-state index in [9.17, 15) is 9.90 Å². The zero-order valence-corrected chi connectivity index (χ0v) is 9.56. The van der Waals surface area contributed by atoms with Crippen molar-refractivity contribution in [3.63, 3.8) is 0 Å². The number of epoxide rings is 1. The van der Waals surface area contributed by atoms with Crippen molar-refractivity contribution < 1.29 is 14.6 Å². The van der Waals surface area contributed by atoms with Crippen molar-refractivity contribution in [2.45, 2.75) is 63.8 Å². The van der Waals surface area contributed by atoms with E-state index in [2.05, 4.69) is 0 Å². The SMILES string of the molecule is CC(C)(C)N(C(=O)O)[C@H]1CC[C@H]2O[C@H]2C1. The highest BCUT2D eigenvalue weighted by molar-refractivity contribution is 5.66. The number of amides is 1. The molecule has 1 heterocycles. The molecule has 0 spiro atoms. The summed E-state index contributed by atoms with van der Waals surface area (Å²) in [6.07, 6.45) is 2.75. The van der Waals surface area contributed by atoms with Crippen molar-refractivity contribution in [2.24, 2.45) is 0 Å². The Morgan fingerprint density at radius 3 is 2.47 bits per heavy atom. The minimum atomic E-state index is -0.813. The van der Waals surface area contributed by atoms with Crippen LogP contribution in [0.3, 0.4) is 0 Å². The molecule has 0 aromatic rings. The Kier molecular flexibility index (Phi) is 2.41. The summed E-state index contributed by atoms with van der Waals surface area (Å²) < 4.78 is 5.43. The maximum Gasteiger partial charge on any atom is 0.407 e. The zero-order chi connectivity index (χ0) is 11.2. The van der Waals surface area contributed by atoms with Crippen LogP contribution in [0, 0.1) is 0 Å². The van der Waals surface area contributed by atoms with Gasteiger partial charge in [-0.1, -0.05) is 0 Å². The highest BCUT2D eigenvalue weighted by Gasteiger charge is 2.47. The summed E-state index contributed by atoms with van der Waals surface area (Å²) in [6.45, 7) is 5.84. The fourth-order valence-corrected chi connectivity index (χ4v) is 2.61. The number of ether oxygens (including phenoxy) is 1. The van der Waals surface area contributed by atoms with Gasteiger partial charge in [0.2, 0.25) is 0 Å². The minimum Gasteiger partial charge on any atom is -0.465 e. The van der Waals surface area contributed by atoms with Crippen LogP contribution < -0.4 is 0 Å². The van der Waals surface area contributed by atoms with E-state index >= 15 is 0 Å². The van der Waals surface area contributed by atoms with Crippen LogP contribution in [-0.2, 0) is 4.74 Å². The molecule has 15 heavy (non-hydrogen) atoms. The van der Waals surface area contributed by atoms with Gasteiger partial charge in [-0.3, -0.25) is 0 Å². The molecule has 3 atom stereocenters. The molecule has 1 amide bonds. The number of hydrogen-bond donors (Lipinski definition) is 1. The first-order valence-corrected chi connectivity index (χ1v) is 5.57. The van der Waals surface area contributed by atoms with Crippen LogP contribution in [0.4, 0.5) is 4.79 Å². The summed E-state index contributed by atoms with van der Waals surface area (Å²) in [6, 6.07) is 0.131. The van der Waals surface area contributed by atoms with Gasteiger partial charge < -0.3 is 14.7 Å². The summed E-state index contributed by atoms with van der Waals surface area (Å²) in [5.74, 6) is 0. The predicted molar refractivity (Wildman–Crippen MR) is 55.9 cm³/mol. The van der Waals surface area contributed by atoms with E-state index in [-0.39, 0.29) is 11.6 Å². The van der Waals surface area contributed by atoms with Gasteiger partial charge in [0.15, 0.2) is 0 Å². The van der Waals surface area contributed by atoms with E-state index in [4.69, 9.17) is 4.74 Å². The summed E-state index contributed by atoms with van der Waals surface area (Å²) in [5.41, 5.74) is -0.321. The number of rotatable bonds is 1. The van der Waals surface area contributed by atoms with Crippen molar-refractivity contribution >= 4 is 6.09 Å². The third-order valence-corrected chi connectivity index (χ3v) is 3.27. The number of carbonyl (C=O) groups is 1. The molecule has 0 aromatic carbocycles. The molecule has 2 fully saturated rings. The lowest BCUT2D eigenvalue weighted by Gasteiger charge is -2.40. The van der Waals surface area contributed by atoms with Gasteiger partial charge in [-0.15, -0.1) is 0 Å². The van der Waals surface area contributed by atoms with E-state index in [0.717, 1.165) is 19.3 Å². The highest BCUT2D eigenvalue weighted by Crippen LogP contribution is 2.39. The smallest absolute Gasteiger partial charge is 0.407 e. The molecule has 4 nitrogen and oxygen atoms in total. The van der Waals surface area contributed by atoms with Gasteiger partial charge in [-0.2, -0.15) is 0 Å². The summed E-state index contributed by atoms with van der Waals surface area (Å²) >= 11 is 0. The topological polar surface area (TPSA) is 53.1 Å². The largest absolute Gasteiger partial charge is 0.465 e. The zero-order valence-electron chi connectivity index (χ0n) is 9.56. The van der Waals surface area contributed by atoms with Crippen molar-refractivity contribution in [1.29, 1.82) is 0 Å². The van der Waals surface area contributed by atoms with E-state index in [1.165, 1.54) is 0 Å². The second kappa shape index (κ2) is 3.37. The monoisotopic (exact) mass is 213 g/mol. The van der Waals surface area contributed by atoms with E-state index < -0.39 is 6.09 Å². The molecule has 4 heteroatoms. The molecule has 0 aromatic heterocycles. The van der Waals surface area contributed by atoms with Crippen LogP contribution in [0.25, 0.3) is 0 Å². The van der Waals surface area contributed by atoms with Crippen LogP contribution in [0.1, 0.15) is 40.0 Å². The maximum atomic E-state index is 11.3. The molecule has 2 rings (SSSR count). The van der Waals surface area contributed by atoms with Gasteiger partial charge in [-0.05, 0) is 40.0 Å². The molecule has 2 aliphatic rings. The number of fused-ring (bicyclic) bond motifs is 1. The van der Waals surface area contributed by atoms with Gasteiger partial charge in [-0.25, -0.2) is 4.79 Å². The second-order valence-corrected chi connectivity index (χ2v) is 5.50. The molecule has 1 N–H and O–H groups in total. The standard InChI is InChI=1S/C11H19NO3/c1-11(2,3)12(10(13)14)7-4-5-8-9(6-7)15-8/h7-9H,4-6H2,1-3H3,(H,13,14)/t7-,8+,9-/m0/s1. The maximum absolute atomic E-state index is 11.3. The second-order valence-electron chi connectivity index (χ2n) is 5.50. The molecule has 86 valence electrons. The van der Waals surface area contributed by atoms with Crippen LogP contribution in [0.5, 0.6) is 0 Å². The molecule has 1 saturated heterocycles. The van der Waals surface area contributed by atoms with E-state index in [1.807, 2.05) is 20.8 Å². The number of carboxylic acid groups (broad SMARTS) is 1. The first-order valence-electron chi connectivity index (χ1n) is 5.57. The quantitative estimate of drug-likeness (QED) is 0.678. The first kappa shape index (κ1) is 10.7. The fraction of sp³-hybridized carbons (Fsp3) is 0.909. The molecular weight excluding hydrogens is 194 g/mol. The Morgan fingerprint density at radius 1 is 1.33 bits per heavy atom. The average molecular weight is 213 g/mol. The van der Waals surface area contributed by atoms with Gasteiger partial charge in [0, 0.05) is 11.6 Å². The van der Waals surface area contributed by atoms with Crippen LogP contribution in [0.2, 0.25) is 0 Å². The number of hydrogen-bond acceptors (Lipinski definition) is 2. The van der Waals surface area contributed by atoms with Crippen LogP contribution >= 0.6 is 0 Å². The third-order valence-electron chi connectivity index (χ3n) is 3.27. The molecule has 0 bridgehead atoms. The molecule has 1 aliphatic heterocycles. The van der Waals surface area contributed by atoms with Crippen LogP contribution in [-0.4, -0.2) is 39.9 Å². The van der Waals surface area contributed by atoms with Crippen molar-refractivity contribution in [2.75, 3.05) is 0 Å². The average Bonchev–Trinajstić information content (AvgIpc) is 2.78. The van der Waals surface area contributed by atoms with E-state index in [0.29, 0.717) is 12.2 Å². The molecule has 0 unspecified atom stereocenters. The first-order chi connectivity index (χ1) is 6.89. The predicted octanol–water partition coefficient (Wildman–Crippen LogP) is 2.08. The Bertz CT molecular complexity index is 271. The number of nitrogens with zero attached hydrogens (tertiary/aromatic N) is 1. The Balaban J connectivity index is 2.07. The lowest BCUT2D eigenvalue weighted by atomic mass is 9.91. The van der Waals surface area contributed by atoms with Gasteiger partial charge in [0.25, 0.3) is 0 Å². The molecule has 1 aliphatic carbocycles. The molecule has 0 radical (unpaired) electrons. The van der Waals surface area contributed by atoms with Gasteiger partial charge in [0.1, 0.15) is 0 Å². The normalized spacial score (nSPS) is 34.5. The van der Waals surface area contributed by atoms with Crippen molar-refractivity contribution in [1.82, 2.24) is 4.90 Å². The Morgan fingerprint density at radius 2 is 2.00 bits per heavy atom. The van der Waals surface area contributed by atoms with E-state index in [1.54, 1.807) is 4.90 Å². The van der Waals surface area contributed by atoms with Crippen LogP contribution in [0.15, 0.2) is 0 Å². The molecule has 1 saturated carbocycles. The van der Waals surface area contributed by atoms with Crippen molar-refractivity contribution in [3.8, 4) is 0 Å². The Labute approximate surface area is 90.2 Å².